The van der Waals surface area contributed by atoms with Gasteiger partial charge < -0.3 is 5.32 Å². The second-order valence-electron chi connectivity index (χ2n) is 3.20. The molecule has 1 rings (SSSR count). The molecular formula is C8H17N. The second-order valence-corrected chi connectivity index (χ2v) is 3.20. The zero-order chi connectivity index (χ0) is 6.69. The minimum atomic E-state index is 0.821. The molecular weight excluding hydrogens is 110 g/mol. The number of hydrogen-bond acceptors (Lipinski definition) is 1. The summed E-state index contributed by atoms with van der Waals surface area (Å²) in [6, 6.07) is 0.821. The summed E-state index contributed by atoms with van der Waals surface area (Å²) in [4.78, 5) is 0. The van der Waals surface area contributed by atoms with Crippen molar-refractivity contribution in [2.45, 2.75) is 39.2 Å². The Kier molecular flexibility index (Phi) is 2.52. The lowest BCUT2D eigenvalue weighted by molar-refractivity contribution is 0.322. The lowest BCUT2D eigenvalue weighted by atomic mass is 9.95. The summed E-state index contributed by atoms with van der Waals surface area (Å²) in [5.74, 6) is 0.910. The first-order chi connectivity index (χ1) is 4.33. The molecule has 0 amide bonds. The highest BCUT2D eigenvalue weighted by Crippen LogP contribution is 2.14. The van der Waals surface area contributed by atoms with Crippen LogP contribution in [-0.4, -0.2) is 12.6 Å². The van der Waals surface area contributed by atoms with E-state index in [-0.39, 0.29) is 0 Å². The highest BCUT2D eigenvalue weighted by Gasteiger charge is 2.14. The van der Waals surface area contributed by atoms with Crippen molar-refractivity contribution in [3.8, 4) is 0 Å². The molecule has 1 saturated heterocycles. The summed E-state index contributed by atoms with van der Waals surface area (Å²) in [6.07, 6.45) is 4.11. The molecule has 0 saturated carbocycles. The van der Waals surface area contributed by atoms with Gasteiger partial charge in [0.15, 0.2) is 0 Å². The zero-order valence-electron chi connectivity index (χ0n) is 6.48. The molecule has 0 bridgehead atoms. The first-order valence-electron chi connectivity index (χ1n) is 4.06. The van der Waals surface area contributed by atoms with Gasteiger partial charge in [-0.05, 0) is 31.7 Å². The highest BCUT2D eigenvalue weighted by atomic mass is 14.9. The summed E-state index contributed by atoms with van der Waals surface area (Å²) >= 11 is 0. The van der Waals surface area contributed by atoms with E-state index in [4.69, 9.17) is 0 Å². The fourth-order valence-electron chi connectivity index (χ4n) is 1.41. The van der Waals surface area contributed by atoms with Gasteiger partial charge in [-0.25, -0.2) is 0 Å². The van der Waals surface area contributed by atoms with E-state index in [0.29, 0.717) is 0 Å². The van der Waals surface area contributed by atoms with Crippen LogP contribution in [0.3, 0.4) is 0 Å². The van der Waals surface area contributed by atoms with Crippen molar-refractivity contribution in [1.29, 1.82) is 0 Å². The third-order valence-corrected chi connectivity index (χ3v) is 2.26. The van der Waals surface area contributed by atoms with Crippen molar-refractivity contribution >= 4 is 0 Å². The summed E-state index contributed by atoms with van der Waals surface area (Å²) < 4.78 is 0. The van der Waals surface area contributed by atoms with E-state index >= 15 is 0 Å². The molecule has 1 unspecified atom stereocenters. The number of rotatable bonds is 1. The first-order valence-corrected chi connectivity index (χ1v) is 4.06. The van der Waals surface area contributed by atoms with Gasteiger partial charge in [-0.15, -0.1) is 0 Å². The SMILES string of the molecule is CCC1CC[C@@H](C)CN1. The van der Waals surface area contributed by atoms with Gasteiger partial charge in [-0.3, -0.25) is 0 Å². The Bertz CT molecular complexity index is 72.6. The van der Waals surface area contributed by atoms with Gasteiger partial charge >= 0.3 is 0 Å². The quantitative estimate of drug-likeness (QED) is 0.566. The van der Waals surface area contributed by atoms with Crippen LogP contribution in [0, 0.1) is 5.92 Å². The molecule has 54 valence electrons. The molecule has 1 N–H and O–H groups in total. The molecule has 0 aliphatic carbocycles. The maximum absolute atomic E-state index is 3.52. The molecule has 0 aromatic heterocycles. The smallest absolute Gasteiger partial charge is 0.00646 e. The van der Waals surface area contributed by atoms with Crippen molar-refractivity contribution in [2.24, 2.45) is 5.92 Å². The Hall–Kier alpha value is -0.0400. The highest BCUT2D eigenvalue weighted by molar-refractivity contribution is 4.73. The lowest BCUT2D eigenvalue weighted by Gasteiger charge is -2.26. The maximum atomic E-state index is 3.52. The van der Waals surface area contributed by atoms with Crippen LogP contribution in [0.2, 0.25) is 0 Å². The van der Waals surface area contributed by atoms with Gasteiger partial charge in [0.25, 0.3) is 0 Å². The minimum Gasteiger partial charge on any atom is -0.314 e. The predicted molar refractivity (Wildman–Crippen MR) is 40.5 cm³/mol. The van der Waals surface area contributed by atoms with Gasteiger partial charge in [0.2, 0.25) is 0 Å². The standard InChI is InChI=1S/C8H17N/c1-3-8-5-4-7(2)6-9-8/h7-9H,3-6H2,1-2H3/t7-,8?/m1/s1. The molecule has 9 heavy (non-hydrogen) atoms. The monoisotopic (exact) mass is 127 g/mol. The van der Waals surface area contributed by atoms with E-state index in [1.54, 1.807) is 0 Å². The van der Waals surface area contributed by atoms with Gasteiger partial charge in [-0.2, -0.15) is 0 Å². The fourth-order valence-corrected chi connectivity index (χ4v) is 1.41. The summed E-state index contributed by atoms with van der Waals surface area (Å²) in [6.45, 7) is 5.81. The average Bonchev–Trinajstić information content (AvgIpc) is 1.90. The number of piperidine rings is 1. The van der Waals surface area contributed by atoms with Gasteiger partial charge in [0.05, 0.1) is 0 Å². The molecule has 1 heterocycles. The molecule has 1 aliphatic heterocycles. The van der Waals surface area contributed by atoms with Crippen LogP contribution in [0.5, 0.6) is 0 Å². The molecule has 0 radical (unpaired) electrons. The number of nitrogens with one attached hydrogen (secondary N) is 1. The van der Waals surface area contributed by atoms with E-state index < -0.39 is 0 Å². The second kappa shape index (κ2) is 3.21. The van der Waals surface area contributed by atoms with Crippen molar-refractivity contribution in [2.75, 3.05) is 6.54 Å². The van der Waals surface area contributed by atoms with Crippen molar-refractivity contribution in [1.82, 2.24) is 5.32 Å². The van der Waals surface area contributed by atoms with Crippen LogP contribution in [-0.2, 0) is 0 Å². The fraction of sp³-hybridized carbons (Fsp3) is 1.00. The topological polar surface area (TPSA) is 12.0 Å². The molecule has 0 spiro atoms. The van der Waals surface area contributed by atoms with E-state index in [0.717, 1.165) is 12.0 Å². The Morgan fingerprint density at radius 2 is 2.22 bits per heavy atom. The Labute approximate surface area is 57.8 Å². The third-order valence-electron chi connectivity index (χ3n) is 2.26. The van der Waals surface area contributed by atoms with Crippen LogP contribution in [0.1, 0.15) is 33.1 Å². The third kappa shape index (κ3) is 1.98. The summed E-state index contributed by atoms with van der Waals surface area (Å²) in [7, 11) is 0. The molecule has 0 aromatic rings. The van der Waals surface area contributed by atoms with Crippen LogP contribution in [0.25, 0.3) is 0 Å². The lowest BCUT2D eigenvalue weighted by Crippen LogP contribution is -2.37. The maximum Gasteiger partial charge on any atom is 0.00646 e. The van der Waals surface area contributed by atoms with Crippen molar-refractivity contribution in [3.05, 3.63) is 0 Å². The molecule has 2 atom stereocenters. The van der Waals surface area contributed by atoms with Crippen LogP contribution < -0.4 is 5.32 Å². The Morgan fingerprint density at radius 3 is 2.67 bits per heavy atom. The summed E-state index contributed by atoms with van der Waals surface area (Å²) in [5, 5.41) is 3.52. The van der Waals surface area contributed by atoms with Crippen LogP contribution >= 0.6 is 0 Å². The number of hydrogen-bond donors (Lipinski definition) is 1. The van der Waals surface area contributed by atoms with Crippen LogP contribution in [0.4, 0.5) is 0 Å². The Balaban J connectivity index is 2.18. The van der Waals surface area contributed by atoms with Crippen molar-refractivity contribution < 1.29 is 0 Å². The molecule has 1 fully saturated rings. The van der Waals surface area contributed by atoms with Gasteiger partial charge in [-0.1, -0.05) is 13.8 Å². The van der Waals surface area contributed by atoms with Crippen LogP contribution in [0.15, 0.2) is 0 Å². The molecule has 1 aliphatic rings. The largest absolute Gasteiger partial charge is 0.314 e. The van der Waals surface area contributed by atoms with Gasteiger partial charge in [0.1, 0.15) is 0 Å². The molecule has 0 aromatic carbocycles. The van der Waals surface area contributed by atoms with Crippen molar-refractivity contribution in [3.63, 3.8) is 0 Å². The predicted octanol–water partition coefficient (Wildman–Crippen LogP) is 1.78. The van der Waals surface area contributed by atoms with E-state index in [1.165, 1.54) is 25.8 Å². The Morgan fingerprint density at radius 1 is 1.44 bits per heavy atom. The molecule has 1 nitrogen and oxygen atoms in total. The van der Waals surface area contributed by atoms with E-state index in [9.17, 15) is 0 Å². The van der Waals surface area contributed by atoms with E-state index in [2.05, 4.69) is 19.2 Å². The summed E-state index contributed by atoms with van der Waals surface area (Å²) in [5.41, 5.74) is 0. The van der Waals surface area contributed by atoms with E-state index in [1.807, 2.05) is 0 Å². The molecule has 1 heteroatoms. The zero-order valence-corrected chi connectivity index (χ0v) is 6.48. The van der Waals surface area contributed by atoms with Gasteiger partial charge in [0, 0.05) is 6.04 Å². The average molecular weight is 127 g/mol. The first kappa shape index (κ1) is 7.07. The normalized spacial score (nSPS) is 36.7. The minimum absolute atomic E-state index is 0.821.